The molecule has 4 rings (SSSR count). The second kappa shape index (κ2) is 8.17. The Morgan fingerprint density at radius 3 is 2.48 bits per heavy atom. The number of pyridine rings is 1. The van der Waals surface area contributed by atoms with Gasteiger partial charge in [0, 0.05) is 36.0 Å². The molecule has 0 bridgehead atoms. The van der Waals surface area contributed by atoms with E-state index in [4.69, 9.17) is 9.47 Å². The summed E-state index contributed by atoms with van der Waals surface area (Å²) in [6.07, 6.45) is 6.21. The molecule has 2 aliphatic heterocycles. The van der Waals surface area contributed by atoms with Crippen LogP contribution in [0.25, 0.3) is 0 Å². The highest BCUT2D eigenvalue weighted by Crippen LogP contribution is 2.30. The Hall–Kier alpha value is -3.63. The molecule has 7 heteroatoms. The van der Waals surface area contributed by atoms with Crippen LogP contribution in [0.3, 0.4) is 0 Å². The van der Waals surface area contributed by atoms with E-state index in [1.807, 2.05) is 36.4 Å². The van der Waals surface area contributed by atoms with E-state index in [-0.39, 0.29) is 6.54 Å². The topological polar surface area (TPSA) is 80.8 Å². The first kappa shape index (κ1) is 18.7. The summed E-state index contributed by atoms with van der Waals surface area (Å²) in [6, 6.07) is 11.5. The van der Waals surface area contributed by atoms with Gasteiger partial charge in [0.25, 0.3) is 0 Å². The zero-order valence-electron chi connectivity index (χ0n) is 15.6. The minimum absolute atomic E-state index is 0.145. The second-order valence-electron chi connectivity index (χ2n) is 6.62. The molecule has 7 nitrogen and oxygen atoms in total. The number of hydrogen-bond acceptors (Lipinski definition) is 7. The van der Waals surface area contributed by atoms with Gasteiger partial charge in [-0.15, -0.1) is 0 Å². The predicted molar refractivity (Wildman–Crippen MR) is 106 cm³/mol. The molecule has 0 atom stereocenters. The van der Waals surface area contributed by atoms with Gasteiger partial charge in [0.2, 0.25) is 0 Å². The van der Waals surface area contributed by atoms with Crippen molar-refractivity contribution in [3.63, 3.8) is 0 Å². The number of carbonyl (C=O) groups excluding carboxylic acids is 2. The van der Waals surface area contributed by atoms with Crippen LogP contribution in [0.1, 0.15) is 17.5 Å². The van der Waals surface area contributed by atoms with Gasteiger partial charge in [-0.1, -0.05) is 30.0 Å². The summed E-state index contributed by atoms with van der Waals surface area (Å²) in [5.41, 5.74) is 2.24. The minimum Gasteiger partial charge on any atom is -0.399 e. The molecule has 1 aromatic heterocycles. The van der Waals surface area contributed by atoms with Crippen molar-refractivity contribution < 1.29 is 19.1 Å². The maximum absolute atomic E-state index is 12.1. The molecule has 3 heterocycles. The minimum atomic E-state index is -1.58. The monoisotopic (exact) mass is 389 g/mol. The van der Waals surface area contributed by atoms with Gasteiger partial charge in [-0.05, 0) is 31.2 Å². The third-order valence-electron chi connectivity index (χ3n) is 4.53. The fourth-order valence-corrected chi connectivity index (χ4v) is 3.23. The van der Waals surface area contributed by atoms with Crippen molar-refractivity contribution in [2.45, 2.75) is 12.3 Å². The van der Waals surface area contributed by atoms with Gasteiger partial charge in [0.05, 0.1) is 18.4 Å². The quantitative estimate of drug-likeness (QED) is 0.586. The number of nitrogens with zero attached hydrogens (tertiary/aromatic N) is 2. The molecule has 1 N–H and O–H groups in total. The highest BCUT2D eigenvalue weighted by Gasteiger charge is 2.47. The zero-order valence-corrected chi connectivity index (χ0v) is 15.6. The molecule has 0 aliphatic carbocycles. The highest BCUT2D eigenvalue weighted by molar-refractivity contribution is 5.93. The van der Waals surface area contributed by atoms with Gasteiger partial charge in [-0.2, -0.15) is 0 Å². The fraction of sp³-hybridized carbons (Fsp3) is 0.227. The fourth-order valence-electron chi connectivity index (χ4n) is 3.23. The summed E-state index contributed by atoms with van der Waals surface area (Å²) in [6.45, 7) is 1.35. The summed E-state index contributed by atoms with van der Waals surface area (Å²) in [5.74, 6) is 3.33. The van der Waals surface area contributed by atoms with Crippen LogP contribution < -0.4 is 10.2 Å². The Kier molecular flexibility index (Phi) is 5.27. The summed E-state index contributed by atoms with van der Waals surface area (Å²) in [7, 11) is 0. The highest BCUT2D eigenvalue weighted by atomic mass is 16.8. The van der Waals surface area contributed by atoms with Gasteiger partial charge in [0.15, 0.2) is 0 Å². The Bertz CT molecular complexity index is 987. The number of benzene rings is 1. The average Bonchev–Trinajstić information content (AvgIpc) is 3.02. The molecular formula is C22H19N3O4. The Labute approximate surface area is 168 Å². The molecule has 29 heavy (non-hydrogen) atoms. The third-order valence-corrected chi connectivity index (χ3v) is 4.53. The largest absolute Gasteiger partial charge is 0.399 e. The number of aromatic nitrogens is 1. The van der Waals surface area contributed by atoms with Crippen LogP contribution in [-0.4, -0.2) is 42.5 Å². The van der Waals surface area contributed by atoms with Crippen molar-refractivity contribution in [3.8, 4) is 11.8 Å². The first-order valence-electron chi connectivity index (χ1n) is 9.29. The lowest BCUT2D eigenvalue weighted by Crippen LogP contribution is -2.58. The zero-order chi connectivity index (χ0) is 20.1. The molecule has 1 spiro atoms. The number of ether oxygens (including phenoxy) is 2. The van der Waals surface area contributed by atoms with Crippen molar-refractivity contribution in [3.05, 3.63) is 72.1 Å². The normalized spacial score (nSPS) is 18.1. The second-order valence-corrected chi connectivity index (χ2v) is 6.62. The van der Waals surface area contributed by atoms with E-state index in [0.29, 0.717) is 24.3 Å². The smallest absolute Gasteiger partial charge is 0.356 e. The average molecular weight is 389 g/mol. The Balaban J connectivity index is 1.69. The summed E-state index contributed by atoms with van der Waals surface area (Å²) in [5, 5.41) is 3.17. The predicted octanol–water partition coefficient (Wildman–Crippen LogP) is 1.59. The van der Waals surface area contributed by atoms with Crippen LogP contribution in [0.5, 0.6) is 0 Å². The molecule has 146 valence electrons. The molecule has 2 aliphatic rings. The van der Waals surface area contributed by atoms with Crippen molar-refractivity contribution in [1.29, 1.82) is 0 Å². The summed E-state index contributed by atoms with van der Waals surface area (Å²) >= 11 is 0. The van der Waals surface area contributed by atoms with Crippen LogP contribution in [-0.2, 0) is 19.1 Å². The Morgan fingerprint density at radius 1 is 1.00 bits per heavy atom. The number of carbonyl (C=O) groups is 2. The Morgan fingerprint density at radius 2 is 1.72 bits per heavy atom. The third kappa shape index (κ3) is 4.28. The maximum Gasteiger partial charge on any atom is 0.356 e. The van der Waals surface area contributed by atoms with E-state index in [2.05, 4.69) is 22.1 Å². The van der Waals surface area contributed by atoms with Crippen LogP contribution in [0, 0.1) is 11.8 Å². The molecular weight excluding hydrogens is 370 g/mol. The lowest BCUT2D eigenvalue weighted by Gasteiger charge is -2.40. The molecule has 0 saturated carbocycles. The molecule has 1 saturated heterocycles. The SMILES string of the molecule is O=C1C=CC(=O)OC2(CNCCCN2c2cncc(C#Cc3ccccc3)c2)O1. The first-order chi connectivity index (χ1) is 14.1. The molecule has 2 aromatic rings. The van der Waals surface area contributed by atoms with Crippen LogP contribution in [0.2, 0.25) is 0 Å². The van der Waals surface area contributed by atoms with Gasteiger partial charge in [-0.3, -0.25) is 9.88 Å². The number of rotatable bonds is 1. The molecule has 0 unspecified atom stereocenters. The van der Waals surface area contributed by atoms with Gasteiger partial charge in [0.1, 0.15) is 0 Å². The molecule has 0 amide bonds. The number of hydrogen-bond donors (Lipinski definition) is 1. The number of anilines is 1. The van der Waals surface area contributed by atoms with E-state index in [1.165, 1.54) is 0 Å². The molecule has 1 aromatic carbocycles. The van der Waals surface area contributed by atoms with E-state index in [9.17, 15) is 9.59 Å². The number of nitrogens with one attached hydrogen (secondary N) is 1. The van der Waals surface area contributed by atoms with Gasteiger partial charge in [-0.25, -0.2) is 9.59 Å². The van der Waals surface area contributed by atoms with E-state index in [0.717, 1.165) is 24.1 Å². The van der Waals surface area contributed by atoms with Crippen molar-refractivity contribution >= 4 is 17.6 Å². The van der Waals surface area contributed by atoms with Crippen LogP contribution in [0.15, 0.2) is 60.9 Å². The van der Waals surface area contributed by atoms with Gasteiger partial charge < -0.3 is 14.8 Å². The van der Waals surface area contributed by atoms with Crippen molar-refractivity contribution in [1.82, 2.24) is 10.3 Å². The molecule has 1 fully saturated rings. The van der Waals surface area contributed by atoms with E-state index >= 15 is 0 Å². The lowest BCUT2D eigenvalue weighted by molar-refractivity contribution is -0.217. The summed E-state index contributed by atoms with van der Waals surface area (Å²) in [4.78, 5) is 30.2. The number of esters is 2. The maximum atomic E-state index is 12.1. The van der Waals surface area contributed by atoms with Crippen molar-refractivity contribution in [2.24, 2.45) is 0 Å². The van der Waals surface area contributed by atoms with E-state index in [1.54, 1.807) is 17.3 Å². The summed E-state index contributed by atoms with van der Waals surface area (Å²) < 4.78 is 11.1. The lowest BCUT2D eigenvalue weighted by atomic mass is 10.2. The van der Waals surface area contributed by atoms with E-state index < -0.39 is 17.8 Å². The van der Waals surface area contributed by atoms with Crippen LogP contribution in [0.4, 0.5) is 5.69 Å². The van der Waals surface area contributed by atoms with Crippen LogP contribution >= 0.6 is 0 Å². The van der Waals surface area contributed by atoms with Gasteiger partial charge >= 0.3 is 17.8 Å². The standard InChI is InChI=1S/C22H19N3O4/c26-20-9-10-21(27)29-22(28-20)16-23-11-4-12-25(22)19-13-18(14-24-15-19)8-7-17-5-2-1-3-6-17/h1-3,5-6,9-10,13-15,23H,4,11-12,16H2. The van der Waals surface area contributed by atoms with Crippen molar-refractivity contribution in [2.75, 3.05) is 24.5 Å². The molecule has 0 radical (unpaired) electrons. The first-order valence-corrected chi connectivity index (χ1v) is 9.29.